The highest BCUT2D eigenvalue weighted by Crippen LogP contribution is 2.45. The largest absolute Gasteiger partial charge is 0.337 e. The molecule has 0 spiro atoms. The summed E-state index contributed by atoms with van der Waals surface area (Å²) in [6.07, 6.45) is 0.816. The van der Waals surface area contributed by atoms with Gasteiger partial charge in [-0.15, -0.1) is 5.10 Å². The molecule has 1 saturated heterocycles. The van der Waals surface area contributed by atoms with Crippen molar-refractivity contribution in [2.75, 3.05) is 24.4 Å². The highest BCUT2D eigenvalue weighted by molar-refractivity contribution is 7.92. The molecule has 152 valence electrons. The Balaban J connectivity index is 1.67. The average molecular weight is 414 g/mol. The molecular formula is C20H25N6O2S+. The van der Waals surface area contributed by atoms with Gasteiger partial charge in [-0.3, -0.25) is 4.31 Å². The van der Waals surface area contributed by atoms with Crippen LogP contribution in [0.2, 0.25) is 0 Å². The van der Waals surface area contributed by atoms with E-state index in [1.807, 2.05) is 26.0 Å². The van der Waals surface area contributed by atoms with Crippen LogP contribution in [0.1, 0.15) is 35.0 Å². The van der Waals surface area contributed by atoms with Crippen LogP contribution >= 0.6 is 0 Å². The van der Waals surface area contributed by atoms with Gasteiger partial charge in [0.1, 0.15) is 5.82 Å². The predicted octanol–water partition coefficient (Wildman–Crippen LogP) is 0.629. The number of likely N-dealkylation sites (N-methyl/N-ethyl adjacent to an activating group) is 1. The Kier molecular flexibility index (Phi) is 3.98. The Morgan fingerprint density at radius 1 is 1.14 bits per heavy atom. The topological polar surface area (TPSA) is 84.9 Å². The van der Waals surface area contributed by atoms with E-state index in [-0.39, 0.29) is 17.1 Å². The lowest BCUT2D eigenvalue weighted by Gasteiger charge is -2.34. The fraction of sp³-hybridized carbons (Fsp3) is 0.450. The van der Waals surface area contributed by atoms with Gasteiger partial charge in [0.15, 0.2) is 5.65 Å². The Morgan fingerprint density at radius 2 is 1.93 bits per heavy atom. The SMILES string of the molecule is Cc1ccc2c(c1)[C@@H]1C[NH+](C)CC[C@@H]1N2S(=O)(=O)c1nc2cc(C)nc(C)n2n1. The molecule has 1 aromatic carbocycles. The zero-order valence-electron chi connectivity index (χ0n) is 17.0. The molecule has 4 heterocycles. The molecule has 1 N–H and O–H groups in total. The lowest BCUT2D eigenvalue weighted by Crippen LogP contribution is -3.11. The van der Waals surface area contributed by atoms with Gasteiger partial charge in [-0.1, -0.05) is 17.7 Å². The Morgan fingerprint density at radius 3 is 2.72 bits per heavy atom. The summed E-state index contributed by atoms with van der Waals surface area (Å²) in [6.45, 7) is 7.58. The molecule has 2 aromatic heterocycles. The van der Waals surface area contributed by atoms with Crippen molar-refractivity contribution >= 4 is 21.4 Å². The fourth-order valence-corrected chi connectivity index (χ4v) is 6.42. The molecule has 3 aromatic rings. The van der Waals surface area contributed by atoms with Gasteiger partial charge in [0.05, 0.1) is 37.8 Å². The van der Waals surface area contributed by atoms with E-state index in [1.165, 1.54) is 9.42 Å². The molecule has 2 aliphatic heterocycles. The highest BCUT2D eigenvalue weighted by Gasteiger charge is 2.49. The third-order valence-corrected chi connectivity index (χ3v) is 7.73. The summed E-state index contributed by atoms with van der Waals surface area (Å²) < 4.78 is 30.6. The predicted molar refractivity (Wildman–Crippen MR) is 109 cm³/mol. The minimum atomic E-state index is -3.89. The maximum atomic E-state index is 13.7. The summed E-state index contributed by atoms with van der Waals surface area (Å²) in [4.78, 5) is 10.2. The molecule has 29 heavy (non-hydrogen) atoms. The van der Waals surface area contributed by atoms with Gasteiger partial charge in [-0.05, 0) is 32.4 Å². The standard InChI is InChI=1S/C20H24N6O2S/c1-12-5-6-17-15(9-12)16-11-24(4)8-7-18(16)26(17)29(27,28)20-22-19-10-13(2)21-14(3)25(19)23-20/h5-6,9-10,16,18H,7-8,11H2,1-4H3/p+1/t16-,18-/m0/s1. The fourth-order valence-electron chi connectivity index (χ4n) is 4.82. The number of nitrogens with one attached hydrogen (secondary N) is 1. The summed E-state index contributed by atoms with van der Waals surface area (Å²) in [5, 5.41) is 4.16. The Labute approximate surface area is 170 Å². The normalized spacial score (nSPS) is 24.0. The van der Waals surface area contributed by atoms with Gasteiger partial charge in [0.2, 0.25) is 0 Å². The number of quaternary nitrogens is 1. The number of sulfonamides is 1. The summed E-state index contributed by atoms with van der Waals surface area (Å²) >= 11 is 0. The molecular weight excluding hydrogens is 388 g/mol. The number of benzene rings is 1. The van der Waals surface area contributed by atoms with Gasteiger partial charge < -0.3 is 4.90 Å². The first-order valence-corrected chi connectivity index (χ1v) is 11.4. The van der Waals surface area contributed by atoms with Crippen LogP contribution in [0.25, 0.3) is 5.65 Å². The van der Waals surface area contributed by atoms with Crippen molar-refractivity contribution in [2.45, 2.75) is 44.3 Å². The minimum Gasteiger partial charge on any atom is -0.337 e. The van der Waals surface area contributed by atoms with E-state index in [2.05, 4.69) is 28.2 Å². The van der Waals surface area contributed by atoms with Crippen molar-refractivity contribution in [3.63, 3.8) is 0 Å². The first kappa shape index (κ1) is 18.5. The van der Waals surface area contributed by atoms with Gasteiger partial charge in [0.25, 0.3) is 5.16 Å². The molecule has 0 radical (unpaired) electrons. The molecule has 9 heteroatoms. The number of likely N-dealkylation sites (tertiary alicyclic amines) is 1. The van der Waals surface area contributed by atoms with Crippen LogP contribution in [0.15, 0.2) is 29.4 Å². The van der Waals surface area contributed by atoms with Crippen LogP contribution in [-0.4, -0.2) is 54.2 Å². The number of fused-ring (bicyclic) bond motifs is 4. The molecule has 8 nitrogen and oxygen atoms in total. The van der Waals surface area contributed by atoms with Crippen molar-refractivity contribution in [1.29, 1.82) is 0 Å². The van der Waals surface area contributed by atoms with E-state index < -0.39 is 10.0 Å². The van der Waals surface area contributed by atoms with Gasteiger partial charge in [-0.25, -0.2) is 4.98 Å². The van der Waals surface area contributed by atoms with Gasteiger partial charge in [0, 0.05) is 18.2 Å². The number of nitrogens with zero attached hydrogens (tertiary/aromatic N) is 5. The zero-order valence-corrected chi connectivity index (χ0v) is 17.9. The first-order valence-electron chi connectivity index (χ1n) is 9.93. The summed E-state index contributed by atoms with van der Waals surface area (Å²) in [5.41, 5.74) is 4.32. The van der Waals surface area contributed by atoms with E-state index in [9.17, 15) is 8.42 Å². The second-order valence-corrected chi connectivity index (χ2v) is 10.1. The molecule has 0 saturated carbocycles. The van der Waals surface area contributed by atoms with E-state index in [1.54, 1.807) is 17.3 Å². The van der Waals surface area contributed by atoms with Crippen LogP contribution in [0.5, 0.6) is 0 Å². The van der Waals surface area contributed by atoms with Crippen molar-refractivity contribution in [1.82, 2.24) is 19.6 Å². The highest BCUT2D eigenvalue weighted by atomic mass is 32.2. The quantitative estimate of drug-likeness (QED) is 0.666. The molecule has 2 aliphatic rings. The van der Waals surface area contributed by atoms with Crippen molar-refractivity contribution in [2.24, 2.45) is 0 Å². The number of piperidine rings is 1. The van der Waals surface area contributed by atoms with Gasteiger partial charge in [-0.2, -0.15) is 17.9 Å². The summed E-state index contributed by atoms with van der Waals surface area (Å²) in [7, 11) is -1.72. The van der Waals surface area contributed by atoms with E-state index in [0.717, 1.165) is 42.0 Å². The second kappa shape index (κ2) is 6.24. The number of hydrogen-bond donors (Lipinski definition) is 1. The average Bonchev–Trinajstić information content (AvgIpc) is 3.21. The number of anilines is 1. The number of aromatic nitrogens is 4. The third kappa shape index (κ3) is 2.75. The molecule has 0 bridgehead atoms. The number of rotatable bonds is 2. The Bertz CT molecular complexity index is 1240. The van der Waals surface area contributed by atoms with Crippen molar-refractivity contribution < 1.29 is 13.3 Å². The molecule has 1 fully saturated rings. The van der Waals surface area contributed by atoms with Crippen LogP contribution < -0.4 is 9.21 Å². The smallest absolute Gasteiger partial charge is 0.302 e. The van der Waals surface area contributed by atoms with Crippen molar-refractivity contribution in [3.05, 3.63) is 46.9 Å². The monoisotopic (exact) mass is 413 g/mol. The van der Waals surface area contributed by atoms with Crippen molar-refractivity contribution in [3.8, 4) is 0 Å². The molecule has 0 aliphatic carbocycles. The molecule has 0 amide bonds. The Hall–Kier alpha value is -2.52. The zero-order chi connectivity index (χ0) is 20.5. The lowest BCUT2D eigenvalue weighted by molar-refractivity contribution is -0.886. The lowest BCUT2D eigenvalue weighted by atomic mass is 9.89. The number of aryl methyl sites for hydroxylation is 3. The first-order chi connectivity index (χ1) is 13.8. The number of hydrogen-bond acceptors (Lipinski definition) is 5. The second-order valence-electron chi connectivity index (χ2n) is 8.35. The summed E-state index contributed by atoms with van der Waals surface area (Å²) in [5.74, 6) is 0.809. The van der Waals surface area contributed by atoms with E-state index in [4.69, 9.17) is 0 Å². The maximum Gasteiger partial charge on any atom is 0.302 e. The molecule has 3 atom stereocenters. The maximum absolute atomic E-state index is 13.7. The molecule has 1 unspecified atom stereocenters. The van der Waals surface area contributed by atoms with Crippen LogP contribution in [-0.2, 0) is 10.0 Å². The summed E-state index contributed by atoms with van der Waals surface area (Å²) in [6, 6.07) is 7.71. The van der Waals surface area contributed by atoms with E-state index >= 15 is 0 Å². The van der Waals surface area contributed by atoms with Gasteiger partial charge >= 0.3 is 10.0 Å². The van der Waals surface area contributed by atoms with Crippen LogP contribution in [0, 0.1) is 20.8 Å². The van der Waals surface area contributed by atoms with Crippen LogP contribution in [0.4, 0.5) is 5.69 Å². The van der Waals surface area contributed by atoms with E-state index in [0.29, 0.717) is 11.5 Å². The minimum absolute atomic E-state index is 0.0897. The third-order valence-electron chi connectivity index (χ3n) is 6.11. The molecule has 5 rings (SSSR count). The van der Waals surface area contributed by atoms with Crippen LogP contribution in [0.3, 0.4) is 0 Å².